The summed E-state index contributed by atoms with van der Waals surface area (Å²) in [5.74, 6) is -1.08. The normalized spacial score (nSPS) is 10.7. The molecule has 0 aliphatic rings. The third kappa shape index (κ3) is 2.73. The van der Waals surface area contributed by atoms with Gasteiger partial charge in [-0.15, -0.1) is 0 Å². The molecule has 3 nitrogen and oxygen atoms in total. The summed E-state index contributed by atoms with van der Waals surface area (Å²) in [6.45, 7) is 0. The summed E-state index contributed by atoms with van der Waals surface area (Å²) in [5, 5.41) is 10.3. The van der Waals surface area contributed by atoms with Crippen molar-refractivity contribution in [1.29, 1.82) is 0 Å². The number of aromatic nitrogens is 1. The maximum Gasteiger partial charge on any atom is 0.354 e. The lowest BCUT2D eigenvalue weighted by atomic mass is 10.0. The lowest BCUT2D eigenvalue weighted by Crippen LogP contribution is -2.02. The summed E-state index contributed by atoms with van der Waals surface area (Å²) in [4.78, 5) is 15.4. The van der Waals surface area contributed by atoms with Crippen molar-refractivity contribution in [1.82, 2.24) is 4.98 Å². The van der Waals surface area contributed by atoms with Gasteiger partial charge in [0.05, 0.1) is 10.5 Å². The van der Waals surface area contributed by atoms with Crippen LogP contribution in [0.1, 0.15) is 21.6 Å². The SMILES string of the molecule is O=C(O)c1cc(Cl)c2cccc(Cc3ccccc3)c2n1. The molecule has 0 atom stereocenters. The van der Waals surface area contributed by atoms with E-state index in [1.165, 1.54) is 6.07 Å². The Balaban J connectivity index is 2.16. The molecule has 0 aliphatic carbocycles. The minimum absolute atomic E-state index is 0.0342. The van der Waals surface area contributed by atoms with E-state index in [0.29, 0.717) is 17.0 Å². The summed E-state index contributed by atoms with van der Waals surface area (Å²) >= 11 is 6.18. The molecule has 0 unspecified atom stereocenters. The third-order valence-electron chi connectivity index (χ3n) is 3.33. The van der Waals surface area contributed by atoms with Gasteiger partial charge in [0.2, 0.25) is 0 Å². The fourth-order valence-electron chi connectivity index (χ4n) is 2.33. The van der Waals surface area contributed by atoms with Crippen LogP contribution in [0, 0.1) is 0 Å². The minimum atomic E-state index is -1.08. The van der Waals surface area contributed by atoms with Gasteiger partial charge in [-0.05, 0) is 23.6 Å². The number of fused-ring (bicyclic) bond motifs is 1. The monoisotopic (exact) mass is 297 g/mol. The summed E-state index contributed by atoms with van der Waals surface area (Å²) in [5.41, 5.74) is 2.71. The molecule has 4 heteroatoms. The lowest BCUT2D eigenvalue weighted by molar-refractivity contribution is 0.0691. The highest BCUT2D eigenvalue weighted by Gasteiger charge is 2.12. The molecule has 3 aromatic rings. The van der Waals surface area contributed by atoms with Crippen molar-refractivity contribution < 1.29 is 9.90 Å². The number of halogens is 1. The molecule has 0 amide bonds. The molecule has 1 aromatic heterocycles. The Hall–Kier alpha value is -2.39. The second kappa shape index (κ2) is 5.54. The number of rotatable bonds is 3. The van der Waals surface area contributed by atoms with Gasteiger partial charge in [-0.3, -0.25) is 0 Å². The second-order valence-corrected chi connectivity index (χ2v) is 5.18. The van der Waals surface area contributed by atoms with Crippen molar-refractivity contribution in [2.75, 3.05) is 0 Å². The molecule has 2 aromatic carbocycles. The largest absolute Gasteiger partial charge is 0.477 e. The second-order valence-electron chi connectivity index (χ2n) is 4.77. The summed E-state index contributed by atoms with van der Waals surface area (Å²) in [6.07, 6.45) is 0.685. The van der Waals surface area contributed by atoms with Crippen LogP contribution in [0.15, 0.2) is 54.6 Å². The summed E-state index contributed by atoms with van der Waals surface area (Å²) in [7, 11) is 0. The highest BCUT2D eigenvalue weighted by Crippen LogP contribution is 2.27. The number of carboxylic acid groups (broad SMARTS) is 1. The third-order valence-corrected chi connectivity index (χ3v) is 3.64. The molecule has 0 aliphatic heterocycles. The molecule has 0 bridgehead atoms. The smallest absolute Gasteiger partial charge is 0.354 e. The molecule has 1 heterocycles. The van der Waals surface area contributed by atoms with Gasteiger partial charge in [-0.1, -0.05) is 60.1 Å². The highest BCUT2D eigenvalue weighted by molar-refractivity contribution is 6.35. The van der Waals surface area contributed by atoms with Crippen molar-refractivity contribution in [3.63, 3.8) is 0 Å². The number of carbonyl (C=O) groups is 1. The number of hydrogen-bond donors (Lipinski definition) is 1. The molecule has 0 spiro atoms. The first-order chi connectivity index (χ1) is 10.1. The molecule has 21 heavy (non-hydrogen) atoms. The van der Waals surface area contributed by atoms with E-state index in [9.17, 15) is 4.79 Å². The van der Waals surface area contributed by atoms with Gasteiger partial charge in [0.15, 0.2) is 0 Å². The molecule has 104 valence electrons. The van der Waals surface area contributed by atoms with Crippen LogP contribution in [0.4, 0.5) is 0 Å². The average molecular weight is 298 g/mol. The van der Waals surface area contributed by atoms with Crippen LogP contribution in [0.3, 0.4) is 0 Å². The number of pyridine rings is 1. The first-order valence-electron chi connectivity index (χ1n) is 6.50. The zero-order chi connectivity index (χ0) is 14.8. The zero-order valence-electron chi connectivity index (χ0n) is 11.1. The molecular weight excluding hydrogens is 286 g/mol. The Morgan fingerprint density at radius 1 is 1.10 bits per heavy atom. The standard InChI is InChI=1S/C17H12ClNO2/c18-14-10-15(17(20)21)19-16-12(7-4-8-13(14)16)9-11-5-2-1-3-6-11/h1-8,10H,9H2,(H,20,21). The van der Waals surface area contributed by atoms with Gasteiger partial charge in [-0.25, -0.2) is 9.78 Å². The van der Waals surface area contributed by atoms with Gasteiger partial charge < -0.3 is 5.11 Å². The van der Waals surface area contributed by atoms with Crippen molar-refractivity contribution in [3.8, 4) is 0 Å². The Morgan fingerprint density at radius 3 is 2.57 bits per heavy atom. The van der Waals surface area contributed by atoms with E-state index < -0.39 is 5.97 Å². The summed E-state index contributed by atoms with van der Waals surface area (Å²) < 4.78 is 0. The van der Waals surface area contributed by atoms with Crippen molar-refractivity contribution >= 4 is 28.5 Å². The van der Waals surface area contributed by atoms with Crippen LogP contribution in [0.2, 0.25) is 5.02 Å². The topological polar surface area (TPSA) is 50.2 Å². The summed E-state index contributed by atoms with van der Waals surface area (Å²) in [6, 6.07) is 17.1. The maximum absolute atomic E-state index is 11.1. The number of aromatic carboxylic acids is 1. The maximum atomic E-state index is 11.1. The van der Waals surface area contributed by atoms with E-state index in [4.69, 9.17) is 16.7 Å². The van der Waals surface area contributed by atoms with Crippen LogP contribution in [-0.2, 0) is 6.42 Å². The Kier molecular flexibility index (Phi) is 3.59. The number of carboxylic acids is 1. The van der Waals surface area contributed by atoms with E-state index >= 15 is 0 Å². The van der Waals surface area contributed by atoms with E-state index in [2.05, 4.69) is 4.98 Å². The van der Waals surface area contributed by atoms with Crippen LogP contribution in [0.25, 0.3) is 10.9 Å². The van der Waals surface area contributed by atoms with Crippen LogP contribution in [-0.4, -0.2) is 16.1 Å². The molecule has 0 fully saturated rings. The van der Waals surface area contributed by atoms with E-state index in [1.807, 2.05) is 48.5 Å². The van der Waals surface area contributed by atoms with Crippen LogP contribution in [0.5, 0.6) is 0 Å². The van der Waals surface area contributed by atoms with Crippen molar-refractivity contribution in [2.45, 2.75) is 6.42 Å². The number of hydrogen-bond acceptors (Lipinski definition) is 2. The van der Waals surface area contributed by atoms with Crippen LogP contribution >= 0.6 is 11.6 Å². The molecule has 0 saturated carbocycles. The molecule has 3 rings (SSSR count). The van der Waals surface area contributed by atoms with Gasteiger partial charge in [-0.2, -0.15) is 0 Å². The Bertz CT molecular complexity index is 816. The van der Waals surface area contributed by atoms with Gasteiger partial charge in [0.1, 0.15) is 5.69 Å². The quantitative estimate of drug-likeness (QED) is 0.789. The van der Waals surface area contributed by atoms with E-state index in [1.54, 1.807) is 0 Å². The van der Waals surface area contributed by atoms with E-state index in [0.717, 1.165) is 16.5 Å². The number of nitrogens with zero attached hydrogens (tertiary/aromatic N) is 1. The van der Waals surface area contributed by atoms with Crippen LogP contribution < -0.4 is 0 Å². The molecule has 1 N–H and O–H groups in total. The minimum Gasteiger partial charge on any atom is -0.477 e. The fourth-order valence-corrected chi connectivity index (χ4v) is 2.59. The van der Waals surface area contributed by atoms with Gasteiger partial charge >= 0.3 is 5.97 Å². The van der Waals surface area contributed by atoms with Crippen molar-refractivity contribution in [3.05, 3.63) is 76.4 Å². The van der Waals surface area contributed by atoms with E-state index in [-0.39, 0.29) is 5.69 Å². The predicted molar refractivity (Wildman–Crippen MR) is 83.0 cm³/mol. The first kappa shape index (κ1) is 13.6. The Labute approximate surface area is 126 Å². The average Bonchev–Trinajstić information content (AvgIpc) is 2.49. The van der Waals surface area contributed by atoms with Gasteiger partial charge in [0, 0.05) is 5.39 Å². The molecule has 0 radical (unpaired) electrons. The van der Waals surface area contributed by atoms with Crippen molar-refractivity contribution in [2.24, 2.45) is 0 Å². The fraction of sp³-hybridized carbons (Fsp3) is 0.0588. The number of para-hydroxylation sites is 1. The Morgan fingerprint density at radius 2 is 1.86 bits per heavy atom. The number of benzene rings is 2. The van der Waals surface area contributed by atoms with Gasteiger partial charge in [0.25, 0.3) is 0 Å². The molecule has 0 saturated heterocycles. The lowest BCUT2D eigenvalue weighted by Gasteiger charge is -2.08. The predicted octanol–water partition coefficient (Wildman–Crippen LogP) is 4.18. The zero-order valence-corrected chi connectivity index (χ0v) is 11.8. The first-order valence-corrected chi connectivity index (χ1v) is 6.88. The highest BCUT2D eigenvalue weighted by atomic mass is 35.5. The molecular formula is C17H12ClNO2.